The molecular weight excluding hydrogens is 245 g/mol. The Morgan fingerprint density at radius 1 is 1.33 bits per heavy atom. The quantitative estimate of drug-likeness (QED) is 0.385. The molecule has 4 nitrogen and oxygen atoms in total. The van der Waals surface area contributed by atoms with E-state index < -0.39 is 28.4 Å². The third-order valence-electron chi connectivity index (χ3n) is 1.35. The number of carboxylic acid groups (broad SMARTS) is 1. The predicted octanol–water partition coefficient (Wildman–Crippen LogP) is -6.56. The first-order valence-corrected chi connectivity index (χ1v) is 4.20. The largest absolute Gasteiger partial charge is 1.00 e. The van der Waals surface area contributed by atoms with E-state index in [1.165, 1.54) is 0 Å². The minimum absolute atomic E-state index is 0. The van der Waals surface area contributed by atoms with Gasteiger partial charge in [-0.3, -0.25) is 4.21 Å². The number of carbonyl (C=O) groups is 1. The first-order valence-electron chi connectivity index (χ1n) is 3.12. The average Bonchev–Trinajstić information content (AvgIpc) is 2.04. The number of benzene rings is 1. The van der Waals surface area contributed by atoms with Crippen LogP contribution >= 0.6 is 0 Å². The van der Waals surface area contributed by atoms with Crippen molar-refractivity contribution in [2.24, 2.45) is 0 Å². The Labute approximate surface area is 132 Å². The minimum atomic E-state index is -2.57. The molecule has 0 aliphatic rings. The summed E-state index contributed by atoms with van der Waals surface area (Å²) in [4.78, 5) is 9.95. The Bertz CT molecular complexity index is 385. The van der Waals surface area contributed by atoms with Gasteiger partial charge < -0.3 is 14.5 Å². The van der Waals surface area contributed by atoms with Crippen LogP contribution in [-0.2, 0) is 11.1 Å². The molecule has 8 heteroatoms. The molecule has 1 aromatic carbocycles. The molecule has 0 saturated carbocycles. The van der Waals surface area contributed by atoms with Crippen LogP contribution in [0.15, 0.2) is 23.1 Å². The Morgan fingerprint density at radius 3 is 2.27 bits per heavy atom. The van der Waals surface area contributed by atoms with Gasteiger partial charge in [0, 0.05) is 10.5 Å². The van der Waals surface area contributed by atoms with Crippen LogP contribution in [0.1, 0.15) is 10.4 Å². The minimum Gasteiger partial charge on any atom is -0.768 e. The summed E-state index contributed by atoms with van der Waals surface area (Å²) in [5.41, 5.74) is -0.762. The number of hydrogen-bond acceptors (Lipinski definition) is 4. The second-order valence-electron chi connectivity index (χ2n) is 2.16. The van der Waals surface area contributed by atoms with Crippen LogP contribution in [0.4, 0.5) is 4.39 Å². The molecule has 0 saturated heterocycles. The Morgan fingerprint density at radius 2 is 1.87 bits per heavy atom. The maximum atomic E-state index is 12.7. The van der Waals surface area contributed by atoms with E-state index in [0.717, 1.165) is 12.1 Å². The Hall–Kier alpha value is 0.730. The molecule has 0 aliphatic carbocycles. The third kappa shape index (κ3) is 5.06. The zero-order chi connectivity index (χ0) is 10.0. The van der Waals surface area contributed by atoms with Crippen molar-refractivity contribution in [1.82, 2.24) is 0 Å². The predicted molar refractivity (Wildman–Crippen MR) is 37.9 cm³/mol. The molecule has 70 valence electrons. The third-order valence-corrected chi connectivity index (χ3v) is 1.99. The maximum absolute atomic E-state index is 12.7. The Kier molecular flexibility index (Phi) is 9.55. The van der Waals surface area contributed by atoms with Crippen LogP contribution in [-0.4, -0.2) is 14.7 Å². The van der Waals surface area contributed by atoms with Gasteiger partial charge >= 0.3 is 59.1 Å². The van der Waals surface area contributed by atoms with Crippen molar-refractivity contribution < 1.29 is 82.2 Å². The Balaban J connectivity index is 0. The van der Waals surface area contributed by atoms with Crippen LogP contribution in [0, 0.1) is 5.82 Å². The number of aromatic carboxylic acids is 1. The van der Waals surface area contributed by atoms with Crippen LogP contribution < -0.4 is 64.2 Å². The number of hydrogen-bond donors (Lipinski definition) is 0. The van der Waals surface area contributed by atoms with Gasteiger partial charge in [-0.15, -0.1) is 0 Å². The molecule has 1 atom stereocenters. The van der Waals surface area contributed by atoms with Gasteiger partial charge in [0.05, 0.1) is 5.97 Å². The molecule has 1 unspecified atom stereocenters. The van der Waals surface area contributed by atoms with Gasteiger partial charge in [-0.2, -0.15) is 0 Å². The van der Waals surface area contributed by atoms with Crippen molar-refractivity contribution >= 4 is 17.0 Å². The summed E-state index contributed by atoms with van der Waals surface area (Å²) in [5.74, 6) is -2.76. The summed E-state index contributed by atoms with van der Waals surface area (Å²) in [6.45, 7) is 0. The molecule has 0 aliphatic heterocycles. The summed E-state index contributed by atoms with van der Waals surface area (Å²) in [5, 5.41) is 10.2. The van der Waals surface area contributed by atoms with Gasteiger partial charge in [-0.25, -0.2) is 4.39 Å². The molecule has 0 aromatic heterocycles. The second kappa shape index (κ2) is 7.92. The first kappa shape index (κ1) is 18.1. The first-order chi connectivity index (χ1) is 6.02. The molecule has 0 radical (unpaired) electrons. The number of carbonyl (C=O) groups excluding carboxylic acids is 1. The van der Waals surface area contributed by atoms with E-state index >= 15 is 0 Å². The standard InChI is InChI=1S/C7H5FO4S.2Na/c8-6-2-1-4(13(11)12)3-5(6)7(9)10;;/h1-3H,(H,9,10)(H,11,12);;/q;2*+1/p-2. The molecule has 0 fully saturated rings. The average molecular weight is 248 g/mol. The zero-order valence-corrected chi connectivity index (χ0v) is 13.0. The molecule has 1 rings (SSSR count). The van der Waals surface area contributed by atoms with E-state index in [2.05, 4.69) is 0 Å². The maximum Gasteiger partial charge on any atom is 1.00 e. The topological polar surface area (TPSA) is 80.3 Å². The normalized spacial score (nSPS) is 10.8. The zero-order valence-electron chi connectivity index (χ0n) is 8.15. The summed E-state index contributed by atoms with van der Waals surface area (Å²) in [6, 6.07) is 2.43. The second-order valence-corrected chi connectivity index (χ2v) is 3.10. The van der Waals surface area contributed by atoms with Crippen LogP contribution in [0.5, 0.6) is 0 Å². The van der Waals surface area contributed by atoms with Crippen molar-refractivity contribution in [2.75, 3.05) is 0 Å². The van der Waals surface area contributed by atoms with E-state index in [-0.39, 0.29) is 64.0 Å². The summed E-state index contributed by atoms with van der Waals surface area (Å²) in [7, 11) is 0. The van der Waals surface area contributed by atoms with Gasteiger partial charge in [0.2, 0.25) is 0 Å². The molecule has 0 bridgehead atoms. The monoisotopic (exact) mass is 248 g/mol. The fraction of sp³-hybridized carbons (Fsp3) is 0. The van der Waals surface area contributed by atoms with Crippen molar-refractivity contribution in [2.45, 2.75) is 4.90 Å². The SMILES string of the molecule is O=C([O-])c1cc(S(=O)[O-])ccc1F.[Na+].[Na+]. The number of rotatable bonds is 2. The van der Waals surface area contributed by atoms with Crippen LogP contribution in [0.25, 0.3) is 0 Å². The van der Waals surface area contributed by atoms with E-state index in [0.29, 0.717) is 6.07 Å². The fourth-order valence-corrected chi connectivity index (χ4v) is 1.16. The van der Waals surface area contributed by atoms with Gasteiger partial charge in [0.1, 0.15) is 5.82 Å². The number of carboxylic acids is 1. The van der Waals surface area contributed by atoms with E-state index in [1.807, 2.05) is 0 Å². The molecule has 0 spiro atoms. The van der Waals surface area contributed by atoms with Gasteiger partial charge in [0.25, 0.3) is 0 Å². The van der Waals surface area contributed by atoms with E-state index in [9.17, 15) is 23.1 Å². The van der Waals surface area contributed by atoms with Crippen molar-refractivity contribution in [1.29, 1.82) is 0 Å². The molecule has 1 aromatic rings. The van der Waals surface area contributed by atoms with Crippen LogP contribution in [0.2, 0.25) is 0 Å². The molecule has 0 heterocycles. The summed E-state index contributed by atoms with van der Waals surface area (Å²) >= 11 is -2.57. The summed E-state index contributed by atoms with van der Waals surface area (Å²) < 4.78 is 33.4. The molecule has 0 N–H and O–H groups in total. The van der Waals surface area contributed by atoms with Gasteiger partial charge in [-0.1, -0.05) is 0 Å². The van der Waals surface area contributed by atoms with Crippen molar-refractivity contribution in [3.05, 3.63) is 29.6 Å². The van der Waals surface area contributed by atoms with Gasteiger partial charge in [0.15, 0.2) is 0 Å². The number of halogens is 1. The van der Waals surface area contributed by atoms with Gasteiger partial charge in [-0.05, 0) is 29.3 Å². The molecule has 0 amide bonds. The van der Waals surface area contributed by atoms with Crippen LogP contribution in [0.3, 0.4) is 0 Å². The molecular formula is C7H3FNa2O4S. The van der Waals surface area contributed by atoms with Crippen molar-refractivity contribution in [3.63, 3.8) is 0 Å². The van der Waals surface area contributed by atoms with E-state index in [4.69, 9.17) is 0 Å². The van der Waals surface area contributed by atoms with E-state index in [1.54, 1.807) is 0 Å². The molecule has 15 heavy (non-hydrogen) atoms. The summed E-state index contributed by atoms with van der Waals surface area (Å²) in [6.07, 6.45) is 0. The fourth-order valence-electron chi connectivity index (χ4n) is 0.764. The van der Waals surface area contributed by atoms with Crippen molar-refractivity contribution in [3.8, 4) is 0 Å². The smallest absolute Gasteiger partial charge is 0.768 e.